The number of aliphatic hydroxyl groups excluding tert-OH is 2. The molecule has 0 amide bonds. The topological polar surface area (TPSA) is 66.8 Å². The largest absolute Gasteiger partial charge is 0.460 e. The Morgan fingerprint density at radius 2 is 1.40 bits per heavy atom. The molecule has 12 heteroatoms. The smallest absolute Gasteiger partial charge is 0.378 e. The van der Waals surface area contributed by atoms with Gasteiger partial charge in [-0.2, -0.15) is 35.1 Å². The Bertz CT molecular complexity index is 479. The lowest BCUT2D eigenvalue weighted by atomic mass is 9.92. The fourth-order valence-corrected chi connectivity index (χ4v) is 1.68. The lowest BCUT2D eigenvalue weighted by molar-refractivity contribution is -0.372. The van der Waals surface area contributed by atoms with Crippen LogP contribution >= 0.6 is 0 Å². The van der Waals surface area contributed by atoms with Gasteiger partial charge in [-0.05, 0) is 6.92 Å². The van der Waals surface area contributed by atoms with Crippen LogP contribution in [0.15, 0.2) is 12.7 Å². The van der Waals surface area contributed by atoms with Gasteiger partial charge in [0.15, 0.2) is 0 Å². The first kappa shape index (κ1) is 23.6. The molecular weight excluding hydrogens is 372 g/mol. The predicted molar refractivity (Wildman–Crippen MR) is 67.9 cm³/mol. The Hall–Kier alpha value is -1.43. The van der Waals surface area contributed by atoms with Gasteiger partial charge in [0.1, 0.15) is 6.61 Å². The molecule has 4 nitrogen and oxygen atoms in total. The molecule has 0 spiro atoms. The summed E-state index contributed by atoms with van der Waals surface area (Å²) in [7, 11) is 0. The van der Waals surface area contributed by atoms with E-state index < -0.39 is 61.3 Å². The fourth-order valence-electron chi connectivity index (χ4n) is 1.68. The zero-order valence-corrected chi connectivity index (χ0v) is 12.8. The minimum Gasteiger partial charge on any atom is -0.460 e. The van der Waals surface area contributed by atoms with Crippen molar-refractivity contribution >= 4 is 5.97 Å². The van der Waals surface area contributed by atoms with Crippen LogP contribution in [0, 0.1) is 0 Å². The van der Waals surface area contributed by atoms with Crippen LogP contribution in [-0.2, 0) is 9.53 Å². The van der Waals surface area contributed by atoms with E-state index in [1.807, 2.05) is 0 Å². The third kappa shape index (κ3) is 5.27. The van der Waals surface area contributed by atoms with Crippen LogP contribution in [0.2, 0.25) is 0 Å². The normalized spacial score (nSPS) is 16.3. The Balaban J connectivity index is 5.36. The summed E-state index contributed by atoms with van der Waals surface area (Å²) >= 11 is 0. The van der Waals surface area contributed by atoms with Crippen molar-refractivity contribution in [3.05, 3.63) is 12.7 Å². The molecule has 0 fully saturated rings. The molecule has 2 atom stereocenters. The van der Waals surface area contributed by atoms with E-state index in [0.717, 1.165) is 0 Å². The molecule has 0 aliphatic carbocycles. The van der Waals surface area contributed by atoms with Gasteiger partial charge in [0.05, 0.1) is 12.2 Å². The quantitative estimate of drug-likeness (QED) is 0.343. The summed E-state index contributed by atoms with van der Waals surface area (Å²) in [5.74, 6) is -25.8. The molecule has 0 rings (SSSR count). The minimum absolute atomic E-state index is 0.546. The van der Waals surface area contributed by atoms with Crippen LogP contribution in [-0.4, -0.2) is 58.7 Å². The van der Waals surface area contributed by atoms with Gasteiger partial charge >= 0.3 is 29.7 Å². The maximum atomic E-state index is 13.5. The van der Waals surface area contributed by atoms with E-state index in [0.29, 0.717) is 13.0 Å². The van der Waals surface area contributed by atoms with Crippen LogP contribution in [0.5, 0.6) is 0 Å². The monoisotopic (exact) mass is 388 g/mol. The lowest BCUT2D eigenvalue weighted by Gasteiger charge is -2.37. The van der Waals surface area contributed by atoms with E-state index in [4.69, 9.17) is 10.2 Å². The van der Waals surface area contributed by atoms with Crippen LogP contribution in [0.4, 0.5) is 35.1 Å². The Labute approximate surface area is 137 Å². The molecular formula is C13H16F8O4. The highest BCUT2D eigenvalue weighted by Gasteiger charge is 2.80. The zero-order valence-electron chi connectivity index (χ0n) is 12.8. The molecule has 0 saturated heterocycles. The molecule has 0 bridgehead atoms. The summed E-state index contributed by atoms with van der Waals surface area (Å²) in [4.78, 5) is 10.6. The van der Waals surface area contributed by atoms with Crippen molar-refractivity contribution in [3.63, 3.8) is 0 Å². The molecule has 0 aromatic heterocycles. The summed E-state index contributed by atoms with van der Waals surface area (Å²) in [6.07, 6.45) is -8.74. The van der Waals surface area contributed by atoms with Gasteiger partial charge in [-0.15, -0.1) is 0 Å². The number of rotatable bonds is 10. The van der Waals surface area contributed by atoms with Gasteiger partial charge in [0, 0.05) is 18.9 Å². The molecule has 0 saturated carbocycles. The SMILES string of the molecule is C=CC(=O)OCC(O)CC(F)(F)C(F)(F)C(F)(F)C(F)(F)CC(C)O. The number of alkyl halides is 8. The van der Waals surface area contributed by atoms with Crippen molar-refractivity contribution in [1.82, 2.24) is 0 Å². The molecule has 148 valence electrons. The average Bonchev–Trinajstić information content (AvgIpc) is 2.42. The van der Waals surface area contributed by atoms with Gasteiger partial charge in [0.25, 0.3) is 0 Å². The maximum Gasteiger partial charge on any atom is 0.378 e. The van der Waals surface area contributed by atoms with Crippen molar-refractivity contribution in [2.24, 2.45) is 0 Å². The molecule has 0 aromatic carbocycles. The van der Waals surface area contributed by atoms with Crippen LogP contribution in [0.25, 0.3) is 0 Å². The molecule has 0 radical (unpaired) electrons. The number of halogens is 8. The molecule has 2 N–H and O–H groups in total. The maximum absolute atomic E-state index is 13.5. The summed E-state index contributed by atoms with van der Waals surface area (Å²) in [6.45, 7) is 2.22. The Kier molecular flexibility index (Phi) is 7.40. The minimum atomic E-state index is -6.57. The first-order valence-corrected chi connectivity index (χ1v) is 6.68. The molecule has 0 heterocycles. The van der Waals surface area contributed by atoms with Crippen molar-refractivity contribution in [2.45, 2.75) is 55.7 Å². The van der Waals surface area contributed by atoms with Crippen molar-refractivity contribution in [3.8, 4) is 0 Å². The summed E-state index contributed by atoms with van der Waals surface area (Å²) in [6, 6.07) is 0. The number of carbonyl (C=O) groups excluding carboxylic acids is 1. The third-order valence-electron chi connectivity index (χ3n) is 2.94. The van der Waals surface area contributed by atoms with Crippen LogP contribution in [0.1, 0.15) is 19.8 Å². The number of esters is 1. The average molecular weight is 388 g/mol. The second-order valence-corrected chi connectivity index (χ2v) is 5.30. The standard InChI is InChI=1S/C13H16F8O4/c1-3-9(24)25-6-8(23)5-11(16,17)13(20,21)12(18,19)10(14,15)4-7(2)22/h3,7-8,22-23H,1,4-6H2,2H3. The number of hydrogen-bond donors (Lipinski definition) is 2. The summed E-state index contributed by atoms with van der Waals surface area (Å²) < 4.78 is 111. The molecule has 0 aromatic rings. The summed E-state index contributed by atoms with van der Waals surface area (Å²) in [5, 5.41) is 17.8. The van der Waals surface area contributed by atoms with Gasteiger partial charge < -0.3 is 14.9 Å². The molecule has 0 aliphatic rings. The Morgan fingerprint density at radius 3 is 1.76 bits per heavy atom. The highest BCUT2D eigenvalue weighted by atomic mass is 19.4. The predicted octanol–water partition coefficient (Wildman–Crippen LogP) is 2.78. The third-order valence-corrected chi connectivity index (χ3v) is 2.94. The fraction of sp³-hybridized carbons (Fsp3) is 0.769. The zero-order chi connectivity index (χ0) is 20.3. The van der Waals surface area contributed by atoms with E-state index in [9.17, 15) is 39.9 Å². The lowest BCUT2D eigenvalue weighted by Crippen LogP contribution is -2.63. The van der Waals surface area contributed by atoms with Gasteiger partial charge in [0.2, 0.25) is 0 Å². The van der Waals surface area contributed by atoms with E-state index in [2.05, 4.69) is 11.3 Å². The number of ether oxygens (including phenoxy) is 1. The highest BCUT2D eigenvalue weighted by Crippen LogP contribution is 2.55. The van der Waals surface area contributed by atoms with E-state index in [1.165, 1.54) is 0 Å². The van der Waals surface area contributed by atoms with Gasteiger partial charge in [-0.1, -0.05) is 6.58 Å². The first-order chi connectivity index (χ1) is 11.0. The van der Waals surface area contributed by atoms with Crippen molar-refractivity contribution in [2.75, 3.05) is 6.61 Å². The van der Waals surface area contributed by atoms with Gasteiger partial charge in [-0.3, -0.25) is 0 Å². The Morgan fingerprint density at radius 1 is 1.00 bits per heavy atom. The van der Waals surface area contributed by atoms with Gasteiger partial charge in [-0.25, -0.2) is 4.79 Å². The van der Waals surface area contributed by atoms with Crippen LogP contribution < -0.4 is 0 Å². The first-order valence-electron chi connectivity index (χ1n) is 6.68. The van der Waals surface area contributed by atoms with Crippen LogP contribution in [0.3, 0.4) is 0 Å². The summed E-state index contributed by atoms with van der Waals surface area (Å²) in [5.41, 5.74) is 0. The second kappa shape index (κ2) is 7.85. The number of carbonyl (C=O) groups is 1. The molecule has 0 aliphatic heterocycles. The molecule has 2 unspecified atom stereocenters. The van der Waals surface area contributed by atoms with E-state index >= 15 is 0 Å². The van der Waals surface area contributed by atoms with Crippen molar-refractivity contribution < 1.29 is 54.9 Å². The second-order valence-electron chi connectivity index (χ2n) is 5.30. The van der Waals surface area contributed by atoms with Crippen molar-refractivity contribution in [1.29, 1.82) is 0 Å². The van der Waals surface area contributed by atoms with E-state index in [1.54, 1.807) is 0 Å². The number of aliphatic hydroxyl groups is 2. The number of hydrogen-bond acceptors (Lipinski definition) is 4. The van der Waals surface area contributed by atoms with E-state index in [-0.39, 0.29) is 0 Å². The molecule has 25 heavy (non-hydrogen) atoms. The highest BCUT2D eigenvalue weighted by molar-refractivity contribution is 5.81.